The lowest BCUT2D eigenvalue weighted by molar-refractivity contribution is -0.135. The van der Waals surface area contributed by atoms with Gasteiger partial charge >= 0.3 is 5.97 Å². The van der Waals surface area contributed by atoms with Gasteiger partial charge in [-0.3, -0.25) is 19.4 Å². The molecular formula is C17H11ClN2O5S. The van der Waals surface area contributed by atoms with Gasteiger partial charge in [-0.2, -0.15) is 0 Å². The Balaban J connectivity index is 2.23. The van der Waals surface area contributed by atoms with E-state index in [0.717, 1.165) is 11.3 Å². The Labute approximate surface area is 155 Å². The third kappa shape index (κ3) is 3.37. The second-order valence-corrected chi connectivity index (χ2v) is 6.69. The van der Waals surface area contributed by atoms with Crippen molar-refractivity contribution in [2.24, 2.45) is 0 Å². The number of carbonyl (C=O) groups is 2. The summed E-state index contributed by atoms with van der Waals surface area (Å²) in [5, 5.41) is 20.9. The number of pyridine rings is 1. The molecule has 0 aliphatic heterocycles. The minimum atomic E-state index is -1.27. The molecule has 132 valence electrons. The number of halogens is 1. The third-order valence-corrected chi connectivity index (χ3v) is 4.80. The molecule has 0 bridgehead atoms. The predicted molar refractivity (Wildman–Crippen MR) is 98.0 cm³/mol. The fraction of sp³-hybridized carbons (Fsp3) is 0.0588. The molecule has 0 saturated heterocycles. The van der Waals surface area contributed by atoms with E-state index in [1.165, 1.54) is 6.07 Å². The molecule has 0 fully saturated rings. The van der Waals surface area contributed by atoms with E-state index >= 15 is 0 Å². The van der Waals surface area contributed by atoms with Crippen LogP contribution in [0.1, 0.15) is 10.4 Å². The highest BCUT2D eigenvalue weighted by atomic mass is 35.5. The zero-order valence-electron chi connectivity index (χ0n) is 13.0. The molecule has 2 heterocycles. The number of aromatic nitrogens is 1. The molecule has 0 saturated carbocycles. The Morgan fingerprint density at radius 1 is 1.31 bits per heavy atom. The number of aliphatic carboxylic acids is 1. The standard InChI is InChI=1S/C17H11ClN2O5S/c18-9-4-10(8-2-1-3-19-6-8)15-11(5-9)14(23)13(17(25)26-15)16(24)20-7-12(21)22/h1-6,25H,7H2,(H,20,24)(H,21,22). The number of rotatable bonds is 4. The summed E-state index contributed by atoms with van der Waals surface area (Å²) in [5.74, 6) is -2.23. The van der Waals surface area contributed by atoms with Crippen LogP contribution >= 0.6 is 22.9 Å². The Kier molecular flexibility index (Phi) is 4.88. The van der Waals surface area contributed by atoms with Gasteiger partial charge in [0.25, 0.3) is 5.91 Å². The molecule has 0 aliphatic carbocycles. The molecule has 0 unspecified atom stereocenters. The highest BCUT2D eigenvalue weighted by Crippen LogP contribution is 2.37. The van der Waals surface area contributed by atoms with Crippen LogP contribution in [0.5, 0.6) is 5.06 Å². The number of hydrogen-bond donors (Lipinski definition) is 3. The fourth-order valence-corrected chi connectivity index (χ4v) is 3.68. The Morgan fingerprint density at radius 3 is 2.73 bits per heavy atom. The molecule has 1 amide bonds. The molecule has 3 aromatic rings. The van der Waals surface area contributed by atoms with Gasteiger partial charge in [0, 0.05) is 38.6 Å². The van der Waals surface area contributed by atoms with E-state index in [1.54, 1.807) is 30.6 Å². The number of fused-ring (bicyclic) bond motifs is 1. The maximum Gasteiger partial charge on any atom is 0.322 e. The molecule has 1 aromatic carbocycles. The first-order chi connectivity index (χ1) is 12.4. The first kappa shape index (κ1) is 17.8. The first-order valence-corrected chi connectivity index (χ1v) is 8.47. The molecule has 9 heteroatoms. The molecule has 26 heavy (non-hydrogen) atoms. The van der Waals surface area contributed by atoms with Crippen molar-refractivity contribution in [1.82, 2.24) is 10.3 Å². The first-order valence-electron chi connectivity index (χ1n) is 7.28. The predicted octanol–water partition coefficient (Wildman–Crippen LogP) is 2.50. The minimum Gasteiger partial charge on any atom is -0.499 e. The molecule has 3 N–H and O–H groups in total. The van der Waals surface area contributed by atoms with E-state index in [4.69, 9.17) is 16.7 Å². The largest absolute Gasteiger partial charge is 0.499 e. The quantitative estimate of drug-likeness (QED) is 0.630. The summed E-state index contributed by atoms with van der Waals surface area (Å²) in [7, 11) is 0. The number of carboxylic acids is 1. The van der Waals surface area contributed by atoms with Gasteiger partial charge in [0.05, 0.1) is 0 Å². The van der Waals surface area contributed by atoms with Gasteiger partial charge in [-0.15, -0.1) is 0 Å². The molecule has 0 spiro atoms. The normalized spacial score (nSPS) is 10.7. The van der Waals surface area contributed by atoms with Gasteiger partial charge < -0.3 is 15.5 Å². The average molecular weight is 391 g/mol. The summed E-state index contributed by atoms with van der Waals surface area (Å²) in [5.41, 5.74) is 0.0450. The van der Waals surface area contributed by atoms with Crippen molar-refractivity contribution in [2.75, 3.05) is 6.54 Å². The zero-order valence-corrected chi connectivity index (χ0v) is 14.6. The molecule has 2 aromatic heterocycles. The van der Waals surface area contributed by atoms with Gasteiger partial charge in [0.1, 0.15) is 12.1 Å². The van der Waals surface area contributed by atoms with Gasteiger partial charge in [-0.1, -0.05) is 29.0 Å². The molecule has 0 aliphatic rings. The van der Waals surface area contributed by atoms with E-state index in [2.05, 4.69) is 10.3 Å². The molecule has 0 atom stereocenters. The van der Waals surface area contributed by atoms with Crippen LogP contribution in [0.25, 0.3) is 21.2 Å². The molecule has 0 radical (unpaired) electrons. The lowest BCUT2D eigenvalue weighted by atomic mass is 10.0. The van der Waals surface area contributed by atoms with E-state index in [1.807, 2.05) is 0 Å². The van der Waals surface area contributed by atoms with Crippen LogP contribution < -0.4 is 10.7 Å². The smallest absolute Gasteiger partial charge is 0.322 e. The van der Waals surface area contributed by atoms with Crippen molar-refractivity contribution in [3.8, 4) is 16.2 Å². The van der Waals surface area contributed by atoms with Crippen molar-refractivity contribution in [1.29, 1.82) is 0 Å². The van der Waals surface area contributed by atoms with Crippen LogP contribution in [0.4, 0.5) is 0 Å². The summed E-state index contributed by atoms with van der Waals surface area (Å²) in [4.78, 5) is 39.5. The van der Waals surface area contributed by atoms with Crippen molar-refractivity contribution in [3.05, 3.63) is 57.5 Å². The van der Waals surface area contributed by atoms with Gasteiger partial charge in [0.2, 0.25) is 5.43 Å². The van der Waals surface area contributed by atoms with E-state index in [-0.39, 0.29) is 10.4 Å². The molecule has 3 rings (SSSR count). The van der Waals surface area contributed by atoms with Crippen LogP contribution in [0.2, 0.25) is 5.02 Å². The van der Waals surface area contributed by atoms with Gasteiger partial charge in [0.15, 0.2) is 5.06 Å². The summed E-state index contributed by atoms with van der Waals surface area (Å²) >= 11 is 6.96. The lowest BCUT2D eigenvalue weighted by Crippen LogP contribution is -2.32. The minimum absolute atomic E-state index is 0.152. The average Bonchev–Trinajstić information content (AvgIpc) is 2.61. The van der Waals surface area contributed by atoms with E-state index < -0.39 is 34.5 Å². The highest BCUT2D eigenvalue weighted by Gasteiger charge is 2.21. The van der Waals surface area contributed by atoms with Crippen molar-refractivity contribution >= 4 is 44.9 Å². The Hall–Kier alpha value is -2.97. The number of carboxylic acid groups (broad SMARTS) is 1. The summed E-state index contributed by atoms with van der Waals surface area (Å²) in [6.45, 7) is -0.670. The Morgan fingerprint density at radius 2 is 2.08 bits per heavy atom. The number of nitrogens with zero attached hydrogens (tertiary/aromatic N) is 1. The number of hydrogen-bond acceptors (Lipinski definition) is 6. The number of aromatic hydroxyl groups is 1. The number of carbonyl (C=O) groups excluding carboxylic acids is 1. The second-order valence-electron chi connectivity index (χ2n) is 5.26. The Bertz CT molecular complexity index is 1080. The fourth-order valence-electron chi connectivity index (χ4n) is 2.43. The van der Waals surface area contributed by atoms with E-state index in [9.17, 15) is 19.5 Å². The molecular weight excluding hydrogens is 380 g/mol. The maximum atomic E-state index is 12.7. The van der Waals surface area contributed by atoms with Crippen LogP contribution in [0.3, 0.4) is 0 Å². The maximum absolute atomic E-state index is 12.7. The number of nitrogens with one attached hydrogen (secondary N) is 1. The third-order valence-electron chi connectivity index (χ3n) is 3.54. The van der Waals surface area contributed by atoms with Crippen LogP contribution in [-0.2, 0) is 4.79 Å². The molecule has 7 nitrogen and oxygen atoms in total. The van der Waals surface area contributed by atoms with Crippen LogP contribution in [0.15, 0.2) is 41.5 Å². The monoisotopic (exact) mass is 390 g/mol. The van der Waals surface area contributed by atoms with Gasteiger partial charge in [-0.25, -0.2) is 0 Å². The SMILES string of the molecule is O=C(O)CNC(=O)c1c(O)sc2c(-c3cccnc3)cc(Cl)cc2c1=O. The van der Waals surface area contributed by atoms with E-state index in [0.29, 0.717) is 15.8 Å². The second kappa shape index (κ2) is 7.11. The van der Waals surface area contributed by atoms with Crippen molar-refractivity contribution in [2.45, 2.75) is 0 Å². The lowest BCUT2D eigenvalue weighted by Gasteiger charge is -2.10. The zero-order chi connectivity index (χ0) is 18.8. The summed E-state index contributed by atoms with van der Waals surface area (Å²) in [6.07, 6.45) is 3.19. The van der Waals surface area contributed by atoms with Gasteiger partial charge in [-0.05, 0) is 18.2 Å². The highest BCUT2D eigenvalue weighted by molar-refractivity contribution is 7.20. The topological polar surface area (TPSA) is 117 Å². The summed E-state index contributed by atoms with van der Waals surface area (Å²) < 4.78 is 0.444. The van der Waals surface area contributed by atoms with Crippen LogP contribution in [-0.4, -0.2) is 33.6 Å². The number of benzene rings is 1. The van der Waals surface area contributed by atoms with Crippen LogP contribution in [0, 0.1) is 0 Å². The van der Waals surface area contributed by atoms with Crippen molar-refractivity contribution < 1.29 is 19.8 Å². The van der Waals surface area contributed by atoms with Crippen molar-refractivity contribution in [3.63, 3.8) is 0 Å². The summed E-state index contributed by atoms with van der Waals surface area (Å²) in [6, 6.07) is 6.54. The number of amides is 1.